The van der Waals surface area contributed by atoms with E-state index in [-0.39, 0.29) is 5.75 Å². The van der Waals surface area contributed by atoms with Gasteiger partial charge in [0, 0.05) is 6.54 Å². The molecule has 0 amide bonds. The van der Waals surface area contributed by atoms with Gasteiger partial charge in [-0.05, 0) is 12.1 Å². The van der Waals surface area contributed by atoms with E-state index in [9.17, 15) is 8.42 Å². The topological polar surface area (TPSA) is 70.6 Å². The van der Waals surface area contributed by atoms with Gasteiger partial charge in [0.05, 0.1) is 29.4 Å². The van der Waals surface area contributed by atoms with E-state index in [0.29, 0.717) is 17.1 Å². The molecule has 0 saturated heterocycles. The SMILES string of the molecule is C=CCS(=O)(=O)c1ccccc1NCC1=NCCN1. The fourth-order valence-corrected chi connectivity index (χ4v) is 3.12. The number of nitrogens with zero attached hydrogens (tertiary/aromatic N) is 1. The molecule has 2 N–H and O–H groups in total. The fourth-order valence-electron chi connectivity index (χ4n) is 1.87. The zero-order valence-electron chi connectivity index (χ0n) is 10.6. The van der Waals surface area contributed by atoms with Gasteiger partial charge in [0.25, 0.3) is 0 Å². The first-order valence-corrected chi connectivity index (χ1v) is 7.72. The van der Waals surface area contributed by atoms with Crippen LogP contribution in [-0.2, 0) is 9.84 Å². The van der Waals surface area contributed by atoms with E-state index in [4.69, 9.17) is 0 Å². The highest BCUT2D eigenvalue weighted by Gasteiger charge is 2.17. The summed E-state index contributed by atoms with van der Waals surface area (Å²) in [4.78, 5) is 4.56. The zero-order valence-corrected chi connectivity index (χ0v) is 11.4. The molecule has 0 spiro atoms. The highest BCUT2D eigenvalue weighted by Crippen LogP contribution is 2.21. The molecule has 0 aromatic heterocycles. The summed E-state index contributed by atoms with van der Waals surface area (Å²) >= 11 is 0. The van der Waals surface area contributed by atoms with Crippen molar-refractivity contribution in [3.05, 3.63) is 36.9 Å². The van der Waals surface area contributed by atoms with Gasteiger partial charge in [-0.2, -0.15) is 0 Å². The molecule has 0 aliphatic carbocycles. The number of rotatable bonds is 6. The van der Waals surface area contributed by atoms with E-state index in [1.807, 2.05) is 0 Å². The predicted molar refractivity (Wildman–Crippen MR) is 77.5 cm³/mol. The molecule has 1 aromatic rings. The van der Waals surface area contributed by atoms with Crippen molar-refractivity contribution >= 4 is 21.4 Å². The van der Waals surface area contributed by atoms with Crippen LogP contribution >= 0.6 is 0 Å². The molecule has 6 heteroatoms. The van der Waals surface area contributed by atoms with Gasteiger partial charge >= 0.3 is 0 Å². The molecular weight excluding hydrogens is 262 g/mol. The quantitative estimate of drug-likeness (QED) is 0.764. The van der Waals surface area contributed by atoms with Crippen molar-refractivity contribution in [2.75, 3.05) is 30.7 Å². The minimum Gasteiger partial charge on any atom is -0.377 e. The second-order valence-electron chi connectivity index (χ2n) is 4.17. The Balaban J connectivity index is 2.18. The van der Waals surface area contributed by atoms with Crippen molar-refractivity contribution < 1.29 is 8.42 Å². The average Bonchev–Trinajstić information content (AvgIpc) is 2.90. The van der Waals surface area contributed by atoms with Gasteiger partial charge in [-0.15, -0.1) is 6.58 Å². The van der Waals surface area contributed by atoms with E-state index in [2.05, 4.69) is 22.2 Å². The lowest BCUT2D eigenvalue weighted by Gasteiger charge is -2.12. The lowest BCUT2D eigenvalue weighted by molar-refractivity contribution is 0.599. The van der Waals surface area contributed by atoms with Crippen LogP contribution in [0.2, 0.25) is 0 Å². The smallest absolute Gasteiger partial charge is 0.183 e. The molecule has 19 heavy (non-hydrogen) atoms. The molecule has 0 saturated carbocycles. The monoisotopic (exact) mass is 279 g/mol. The van der Waals surface area contributed by atoms with Crippen LogP contribution in [0.5, 0.6) is 0 Å². The Morgan fingerprint density at radius 1 is 1.42 bits per heavy atom. The second-order valence-corrected chi connectivity index (χ2v) is 6.18. The molecule has 5 nitrogen and oxygen atoms in total. The summed E-state index contributed by atoms with van der Waals surface area (Å²) in [6, 6.07) is 6.88. The van der Waals surface area contributed by atoms with Crippen LogP contribution in [0, 0.1) is 0 Å². The summed E-state index contributed by atoms with van der Waals surface area (Å²) in [7, 11) is -3.33. The van der Waals surface area contributed by atoms with Gasteiger partial charge in [-0.25, -0.2) is 8.42 Å². The van der Waals surface area contributed by atoms with Gasteiger partial charge in [-0.1, -0.05) is 18.2 Å². The first-order valence-electron chi connectivity index (χ1n) is 6.07. The number of aliphatic imine (C=N–C) groups is 1. The standard InChI is InChI=1S/C13H17N3O2S/c1-2-9-19(17,18)12-6-4-3-5-11(12)16-10-13-14-7-8-15-13/h2-6,16H,1,7-10H2,(H,14,15). The van der Waals surface area contributed by atoms with Crippen LogP contribution in [0.15, 0.2) is 46.8 Å². The summed E-state index contributed by atoms with van der Waals surface area (Å²) < 4.78 is 24.2. The second kappa shape index (κ2) is 5.88. The number of sulfone groups is 1. The number of amidine groups is 1. The summed E-state index contributed by atoms with van der Waals surface area (Å²) in [6.45, 7) is 5.59. The lowest BCUT2D eigenvalue weighted by atomic mass is 10.3. The van der Waals surface area contributed by atoms with Crippen molar-refractivity contribution in [3.8, 4) is 0 Å². The van der Waals surface area contributed by atoms with Gasteiger partial charge in [0.2, 0.25) is 0 Å². The third kappa shape index (κ3) is 3.35. The van der Waals surface area contributed by atoms with Crippen LogP contribution in [-0.4, -0.2) is 39.6 Å². The third-order valence-electron chi connectivity index (χ3n) is 2.75. The summed E-state index contributed by atoms with van der Waals surface area (Å²) in [5.74, 6) is 0.793. The molecule has 2 rings (SSSR count). The number of nitrogens with one attached hydrogen (secondary N) is 2. The number of para-hydroxylation sites is 1. The number of hydrogen-bond donors (Lipinski definition) is 2. The van der Waals surface area contributed by atoms with Crippen LogP contribution in [0.25, 0.3) is 0 Å². The van der Waals surface area contributed by atoms with E-state index in [1.165, 1.54) is 6.08 Å². The van der Waals surface area contributed by atoms with Gasteiger partial charge in [0.15, 0.2) is 9.84 Å². The number of anilines is 1. The average molecular weight is 279 g/mol. The Morgan fingerprint density at radius 3 is 2.89 bits per heavy atom. The van der Waals surface area contributed by atoms with Gasteiger partial charge < -0.3 is 10.6 Å². The van der Waals surface area contributed by atoms with Crippen LogP contribution in [0.4, 0.5) is 5.69 Å². The Kier molecular flexibility index (Phi) is 4.21. The summed E-state index contributed by atoms with van der Waals surface area (Å²) in [5, 5.41) is 6.25. The molecule has 1 aromatic carbocycles. The Hall–Kier alpha value is -1.82. The van der Waals surface area contributed by atoms with Crippen molar-refractivity contribution in [3.63, 3.8) is 0 Å². The molecule has 0 fully saturated rings. The Labute approximate surface area is 113 Å². The normalized spacial score (nSPS) is 14.6. The van der Waals surface area contributed by atoms with Crippen molar-refractivity contribution in [1.82, 2.24) is 5.32 Å². The highest BCUT2D eigenvalue weighted by atomic mass is 32.2. The lowest BCUT2D eigenvalue weighted by Crippen LogP contribution is -2.26. The van der Waals surface area contributed by atoms with Gasteiger partial charge in [-0.3, -0.25) is 4.99 Å². The maximum atomic E-state index is 12.1. The molecule has 0 bridgehead atoms. The largest absolute Gasteiger partial charge is 0.377 e. The van der Waals surface area contributed by atoms with Crippen LogP contribution in [0.3, 0.4) is 0 Å². The molecule has 102 valence electrons. The van der Waals surface area contributed by atoms with E-state index in [1.54, 1.807) is 24.3 Å². The van der Waals surface area contributed by atoms with Crippen LogP contribution < -0.4 is 10.6 Å². The molecule has 1 aliphatic rings. The highest BCUT2D eigenvalue weighted by molar-refractivity contribution is 7.91. The molecule has 0 radical (unpaired) electrons. The summed E-state index contributed by atoms with van der Waals surface area (Å²) in [6.07, 6.45) is 1.40. The van der Waals surface area contributed by atoms with Crippen molar-refractivity contribution in [2.24, 2.45) is 4.99 Å². The van der Waals surface area contributed by atoms with E-state index >= 15 is 0 Å². The minimum absolute atomic E-state index is 0.0646. The van der Waals surface area contributed by atoms with Crippen molar-refractivity contribution in [2.45, 2.75) is 4.90 Å². The molecule has 1 aliphatic heterocycles. The van der Waals surface area contributed by atoms with Crippen molar-refractivity contribution in [1.29, 1.82) is 0 Å². The molecule has 0 atom stereocenters. The molecule has 0 unspecified atom stereocenters. The summed E-state index contributed by atoms with van der Waals surface area (Å²) in [5.41, 5.74) is 0.598. The molecule has 1 heterocycles. The number of benzene rings is 1. The minimum atomic E-state index is -3.33. The Bertz CT molecular complexity index is 594. The number of hydrogen-bond acceptors (Lipinski definition) is 5. The zero-order chi connectivity index (χ0) is 13.7. The van der Waals surface area contributed by atoms with E-state index in [0.717, 1.165) is 18.9 Å². The first kappa shape index (κ1) is 13.6. The first-order chi connectivity index (χ1) is 9.13. The predicted octanol–water partition coefficient (Wildman–Crippen LogP) is 1.06. The molecular formula is C13H17N3O2S. The van der Waals surface area contributed by atoms with E-state index < -0.39 is 9.84 Å². The third-order valence-corrected chi connectivity index (χ3v) is 4.45. The maximum Gasteiger partial charge on any atom is 0.183 e. The maximum absolute atomic E-state index is 12.1. The fraction of sp³-hybridized carbons (Fsp3) is 0.308. The van der Waals surface area contributed by atoms with Crippen LogP contribution in [0.1, 0.15) is 0 Å². The van der Waals surface area contributed by atoms with Gasteiger partial charge in [0.1, 0.15) is 5.84 Å². The Morgan fingerprint density at radius 2 is 2.21 bits per heavy atom.